The third kappa shape index (κ3) is 3.50. The van der Waals surface area contributed by atoms with Crippen molar-refractivity contribution in [2.75, 3.05) is 26.7 Å². The van der Waals surface area contributed by atoms with Gasteiger partial charge in [-0.1, -0.05) is 6.92 Å². The summed E-state index contributed by atoms with van der Waals surface area (Å²) >= 11 is 0. The number of hydrogen-bond donors (Lipinski definition) is 0. The third-order valence-corrected chi connectivity index (χ3v) is 5.04. The Bertz CT molecular complexity index is 273. The van der Waals surface area contributed by atoms with Crippen LogP contribution in [0.15, 0.2) is 0 Å². The standard InChI is InChI=1S/C16H32N2O/c1-6-18(16(2,3)4)14-9-7-13(8-10-14)17-11-15(12-17)19-5/h13-15H,6-12H2,1-5H3. The van der Waals surface area contributed by atoms with Gasteiger partial charge in [0.05, 0.1) is 6.10 Å². The number of methoxy groups -OCH3 is 1. The summed E-state index contributed by atoms with van der Waals surface area (Å²) in [5.41, 5.74) is 0.310. The van der Waals surface area contributed by atoms with E-state index in [0.29, 0.717) is 11.6 Å². The zero-order valence-electron chi connectivity index (χ0n) is 13.5. The summed E-state index contributed by atoms with van der Waals surface area (Å²) < 4.78 is 5.38. The fraction of sp³-hybridized carbons (Fsp3) is 1.00. The van der Waals surface area contributed by atoms with Gasteiger partial charge in [-0.25, -0.2) is 0 Å². The van der Waals surface area contributed by atoms with Crippen molar-refractivity contribution in [3.8, 4) is 0 Å². The molecular weight excluding hydrogens is 236 g/mol. The van der Waals surface area contributed by atoms with E-state index in [4.69, 9.17) is 4.74 Å². The van der Waals surface area contributed by atoms with Crippen molar-refractivity contribution >= 4 is 0 Å². The molecule has 1 heterocycles. The summed E-state index contributed by atoms with van der Waals surface area (Å²) in [5, 5.41) is 0. The van der Waals surface area contributed by atoms with Crippen LogP contribution in [0.2, 0.25) is 0 Å². The van der Waals surface area contributed by atoms with E-state index in [9.17, 15) is 0 Å². The molecule has 0 radical (unpaired) electrons. The molecule has 0 aromatic heterocycles. The van der Waals surface area contributed by atoms with Gasteiger partial charge in [0, 0.05) is 37.8 Å². The van der Waals surface area contributed by atoms with E-state index in [1.165, 1.54) is 32.2 Å². The van der Waals surface area contributed by atoms with Gasteiger partial charge >= 0.3 is 0 Å². The first-order valence-corrected chi connectivity index (χ1v) is 7.99. The molecule has 0 N–H and O–H groups in total. The number of rotatable bonds is 4. The van der Waals surface area contributed by atoms with Gasteiger partial charge in [-0.2, -0.15) is 0 Å². The largest absolute Gasteiger partial charge is 0.379 e. The van der Waals surface area contributed by atoms with Crippen molar-refractivity contribution in [3.63, 3.8) is 0 Å². The van der Waals surface area contributed by atoms with Gasteiger partial charge in [0.2, 0.25) is 0 Å². The van der Waals surface area contributed by atoms with E-state index in [2.05, 4.69) is 37.5 Å². The van der Waals surface area contributed by atoms with Crippen LogP contribution in [0.25, 0.3) is 0 Å². The first-order chi connectivity index (χ1) is 8.95. The van der Waals surface area contributed by atoms with Gasteiger partial charge in [-0.15, -0.1) is 0 Å². The molecule has 0 atom stereocenters. The van der Waals surface area contributed by atoms with E-state index in [1.807, 2.05) is 7.11 Å². The summed E-state index contributed by atoms with van der Waals surface area (Å²) in [6, 6.07) is 1.61. The van der Waals surface area contributed by atoms with Crippen molar-refractivity contribution in [1.82, 2.24) is 9.80 Å². The summed E-state index contributed by atoms with van der Waals surface area (Å²) in [5.74, 6) is 0. The number of hydrogen-bond acceptors (Lipinski definition) is 3. The van der Waals surface area contributed by atoms with Crippen LogP contribution < -0.4 is 0 Å². The van der Waals surface area contributed by atoms with Crippen molar-refractivity contribution < 1.29 is 4.74 Å². The molecule has 0 amide bonds. The van der Waals surface area contributed by atoms with E-state index in [-0.39, 0.29) is 0 Å². The van der Waals surface area contributed by atoms with E-state index < -0.39 is 0 Å². The summed E-state index contributed by atoms with van der Waals surface area (Å²) in [4.78, 5) is 5.31. The zero-order valence-corrected chi connectivity index (χ0v) is 13.5. The van der Waals surface area contributed by atoms with E-state index >= 15 is 0 Å². The molecule has 1 aliphatic carbocycles. The average molecular weight is 268 g/mol. The van der Waals surface area contributed by atoms with Crippen LogP contribution in [0.1, 0.15) is 53.4 Å². The maximum absolute atomic E-state index is 5.38. The van der Waals surface area contributed by atoms with Gasteiger partial charge in [0.15, 0.2) is 0 Å². The lowest BCUT2D eigenvalue weighted by molar-refractivity contribution is -0.0638. The molecule has 2 aliphatic rings. The summed E-state index contributed by atoms with van der Waals surface area (Å²) in [7, 11) is 1.83. The van der Waals surface area contributed by atoms with E-state index in [0.717, 1.165) is 25.2 Å². The second-order valence-corrected chi connectivity index (χ2v) is 7.23. The normalized spacial score (nSPS) is 30.6. The van der Waals surface area contributed by atoms with Gasteiger partial charge in [0.1, 0.15) is 0 Å². The molecule has 1 saturated carbocycles. The lowest BCUT2D eigenvalue weighted by Gasteiger charge is -2.49. The fourth-order valence-corrected chi connectivity index (χ4v) is 3.93. The molecule has 3 heteroatoms. The predicted octanol–water partition coefficient (Wildman–Crippen LogP) is 2.75. The predicted molar refractivity (Wildman–Crippen MR) is 80.5 cm³/mol. The van der Waals surface area contributed by atoms with Crippen LogP contribution >= 0.6 is 0 Å². The molecule has 0 bridgehead atoms. The minimum absolute atomic E-state index is 0.310. The van der Waals surface area contributed by atoms with Crippen LogP contribution in [-0.4, -0.2) is 60.3 Å². The van der Waals surface area contributed by atoms with Crippen LogP contribution in [-0.2, 0) is 4.74 Å². The molecule has 0 unspecified atom stereocenters. The van der Waals surface area contributed by atoms with Crippen molar-refractivity contribution in [2.45, 2.75) is 77.1 Å². The van der Waals surface area contributed by atoms with Gasteiger partial charge in [0.25, 0.3) is 0 Å². The number of likely N-dealkylation sites (tertiary alicyclic amines) is 1. The van der Waals surface area contributed by atoms with Crippen LogP contribution in [0.3, 0.4) is 0 Å². The maximum Gasteiger partial charge on any atom is 0.0825 e. The van der Waals surface area contributed by atoms with Crippen molar-refractivity contribution in [1.29, 1.82) is 0 Å². The van der Waals surface area contributed by atoms with Crippen LogP contribution in [0.5, 0.6) is 0 Å². The number of ether oxygens (including phenoxy) is 1. The molecule has 1 saturated heterocycles. The minimum Gasteiger partial charge on any atom is -0.379 e. The molecule has 2 rings (SSSR count). The lowest BCUT2D eigenvalue weighted by atomic mass is 9.86. The second kappa shape index (κ2) is 6.11. The zero-order chi connectivity index (χ0) is 14.0. The highest BCUT2D eigenvalue weighted by molar-refractivity contribution is 4.92. The summed E-state index contributed by atoms with van der Waals surface area (Å²) in [6.45, 7) is 12.8. The van der Waals surface area contributed by atoms with Crippen molar-refractivity contribution in [3.05, 3.63) is 0 Å². The Morgan fingerprint density at radius 1 is 1.11 bits per heavy atom. The third-order valence-electron chi connectivity index (χ3n) is 5.04. The molecule has 0 aromatic carbocycles. The smallest absolute Gasteiger partial charge is 0.0825 e. The van der Waals surface area contributed by atoms with Crippen LogP contribution in [0, 0.1) is 0 Å². The molecular formula is C16H32N2O. The number of nitrogens with zero attached hydrogens (tertiary/aromatic N) is 2. The Morgan fingerprint density at radius 3 is 2.11 bits per heavy atom. The van der Waals surface area contributed by atoms with E-state index in [1.54, 1.807) is 0 Å². The minimum atomic E-state index is 0.310. The molecule has 19 heavy (non-hydrogen) atoms. The first-order valence-electron chi connectivity index (χ1n) is 7.99. The molecule has 1 aliphatic heterocycles. The molecule has 0 spiro atoms. The van der Waals surface area contributed by atoms with Crippen LogP contribution in [0.4, 0.5) is 0 Å². The lowest BCUT2D eigenvalue weighted by Crippen LogP contribution is -2.58. The Balaban J connectivity index is 1.79. The SMILES string of the molecule is CCN(C1CCC(N2CC(OC)C2)CC1)C(C)(C)C. The Hall–Kier alpha value is -0.120. The van der Waals surface area contributed by atoms with Gasteiger partial charge in [-0.3, -0.25) is 9.80 Å². The summed E-state index contributed by atoms with van der Waals surface area (Å²) in [6.07, 6.45) is 5.97. The second-order valence-electron chi connectivity index (χ2n) is 7.23. The highest BCUT2D eigenvalue weighted by atomic mass is 16.5. The molecule has 3 nitrogen and oxygen atoms in total. The molecule has 2 fully saturated rings. The topological polar surface area (TPSA) is 15.7 Å². The van der Waals surface area contributed by atoms with Gasteiger partial charge < -0.3 is 4.74 Å². The average Bonchev–Trinajstić information content (AvgIpc) is 2.29. The Morgan fingerprint density at radius 2 is 1.68 bits per heavy atom. The highest BCUT2D eigenvalue weighted by Gasteiger charge is 2.37. The fourth-order valence-electron chi connectivity index (χ4n) is 3.93. The molecule has 112 valence electrons. The highest BCUT2D eigenvalue weighted by Crippen LogP contribution is 2.32. The van der Waals surface area contributed by atoms with Crippen molar-refractivity contribution in [2.24, 2.45) is 0 Å². The molecule has 0 aromatic rings. The Kier molecular flexibility index (Phi) is 4.91. The maximum atomic E-state index is 5.38. The van der Waals surface area contributed by atoms with Gasteiger partial charge in [-0.05, 0) is 53.0 Å². The monoisotopic (exact) mass is 268 g/mol. The first kappa shape index (κ1) is 15.3. The Labute approximate surface area is 119 Å². The quantitative estimate of drug-likeness (QED) is 0.780.